The highest BCUT2D eigenvalue weighted by Crippen LogP contribution is 2.50. The minimum absolute atomic E-state index is 0.318. The first-order valence-corrected chi connectivity index (χ1v) is 11.5. The van der Waals surface area contributed by atoms with Crippen molar-refractivity contribution < 1.29 is 24.0 Å². The Balaban J connectivity index is 2.29. The topological polar surface area (TPSA) is 71.4 Å². The lowest BCUT2D eigenvalue weighted by molar-refractivity contribution is -0.857. The number of carboxylic acids is 1. The van der Waals surface area contributed by atoms with Gasteiger partial charge in [-0.15, -0.1) is 0 Å². The molecule has 0 spiro atoms. The second-order valence-electron chi connectivity index (χ2n) is 9.55. The van der Waals surface area contributed by atoms with Gasteiger partial charge in [-0.25, -0.2) is 14.1 Å². The van der Waals surface area contributed by atoms with Gasteiger partial charge in [0.05, 0.1) is 18.5 Å². The zero-order valence-electron chi connectivity index (χ0n) is 19.5. The van der Waals surface area contributed by atoms with Crippen molar-refractivity contribution in [2.24, 2.45) is 5.41 Å². The molecule has 170 valence electrons. The number of ketones is 1. The summed E-state index contributed by atoms with van der Waals surface area (Å²) in [4.78, 5) is 40.3. The van der Waals surface area contributed by atoms with Crippen molar-refractivity contribution >= 4 is 17.7 Å². The smallest absolute Gasteiger partial charge is 0.383 e. The van der Waals surface area contributed by atoms with E-state index in [2.05, 4.69) is 0 Å². The normalized spacial score (nSPS) is 22.4. The molecule has 2 aromatic rings. The number of Topliss-reactive ketones (excluding diaryl/α,β-unsaturated/α-hetero) is 1. The SMILES string of the molecule is CCC[N+]1(C(=O)C(=O)C(C)(C)CC)CCC(c2ccccc2)(c2ccccc2)[C@H]1C(=O)O. The van der Waals surface area contributed by atoms with Crippen molar-refractivity contribution in [3.05, 3.63) is 71.8 Å². The Morgan fingerprint density at radius 3 is 1.88 bits per heavy atom. The number of quaternary nitrogens is 1. The summed E-state index contributed by atoms with van der Waals surface area (Å²) >= 11 is 0. The van der Waals surface area contributed by atoms with Crippen LogP contribution < -0.4 is 0 Å². The number of carboxylic acid groups (broad SMARTS) is 1. The van der Waals surface area contributed by atoms with Gasteiger partial charge >= 0.3 is 11.9 Å². The lowest BCUT2D eigenvalue weighted by atomic mass is 9.68. The third-order valence-corrected chi connectivity index (χ3v) is 7.40. The second-order valence-corrected chi connectivity index (χ2v) is 9.55. The molecular formula is C27H34NO4+. The molecule has 1 aliphatic rings. The summed E-state index contributed by atoms with van der Waals surface area (Å²) in [5.41, 5.74) is -0.00548. The largest absolute Gasteiger partial charge is 0.477 e. The van der Waals surface area contributed by atoms with Crippen LogP contribution in [0.4, 0.5) is 0 Å². The number of rotatable bonds is 8. The van der Waals surface area contributed by atoms with Crippen LogP contribution in [0.1, 0.15) is 58.1 Å². The molecule has 0 bridgehead atoms. The summed E-state index contributed by atoms with van der Waals surface area (Å²) in [5, 5.41) is 10.6. The monoisotopic (exact) mass is 436 g/mol. The molecular weight excluding hydrogens is 402 g/mol. The first-order valence-electron chi connectivity index (χ1n) is 11.5. The maximum Gasteiger partial charge on any atom is 0.383 e. The van der Waals surface area contributed by atoms with Gasteiger partial charge in [-0.3, -0.25) is 4.79 Å². The lowest BCUT2D eigenvalue weighted by Gasteiger charge is -2.41. The zero-order valence-corrected chi connectivity index (χ0v) is 19.5. The van der Waals surface area contributed by atoms with Crippen molar-refractivity contribution in [1.29, 1.82) is 0 Å². The number of benzene rings is 2. The molecule has 1 heterocycles. The van der Waals surface area contributed by atoms with Crippen LogP contribution in [0.25, 0.3) is 0 Å². The predicted octanol–water partition coefficient (Wildman–Crippen LogP) is 4.59. The van der Waals surface area contributed by atoms with E-state index in [-0.39, 0.29) is 4.48 Å². The highest BCUT2D eigenvalue weighted by atomic mass is 16.4. The molecule has 2 aromatic carbocycles. The number of carbonyl (C=O) groups is 3. The van der Waals surface area contributed by atoms with Gasteiger partial charge in [-0.2, -0.15) is 0 Å². The summed E-state index contributed by atoms with van der Waals surface area (Å²) in [7, 11) is 0. The van der Waals surface area contributed by atoms with Crippen molar-refractivity contribution in [2.45, 2.75) is 58.4 Å². The molecule has 1 amide bonds. The van der Waals surface area contributed by atoms with E-state index in [1.807, 2.05) is 74.5 Å². The fraction of sp³-hybridized carbons (Fsp3) is 0.444. The van der Waals surface area contributed by atoms with Gasteiger partial charge in [0.15, 0.2) is 0 Å². The summed E-state index contributed by atoms with van der Waals surface area (Å²) < 4.78 is -0.335. The lowest BCUT2D eigenvalue weighted by Crippen LogP contribution is -2.66. The molecule has 1 saturated heterocycles. The maximum absolute atomic E-state index is 13.9. The fourth-order valence-corrected chi connectivity index (χ4v) is 5.34. The third kappa shape index (κ3) is 3.69. The van der Waals surface area contributed by atoms with E-state index >= 15 is 0 Å². The van der Waals surface area contributed by atoms with Gasteiger partial charge in [-0.1, -0.05) is 88.4 Å². The average Bonchev–Trinajstić information content (AvgIpc) is 3.16. The van der Waals surface area contributed by atoms with E-state index in [0.717, 1.165) is 11.1 Å². The van der Waals surface area contributed by atoms with Crippen molar-refractivity contribution in [2.75, 3.05) is 13.1 Å². The van der Waals surface area contributed by atoms with E-state index in [0.29, 0.717) is 32.4 Å². The molecule has 0 aromatic heterocycles. The average molecular weight is 437 g/mol. The molecule has 32 heavy (non-hydrogen) atoms. The molecule has 0 radical (unpaired) electrons. The summed E-state index contributed by atoms with van der Waals surface area (Å²) in [5.74, 6) is -2.09. The maximum atomic E-state index is 13.9. The molecule has 5 heteroatoms. The van der Waals surface area contributed by atoms with Crippen LogP contribution in [0, 0.1) is 5.41 Å². The van der Waals surface area contributed by atoms with Gasteiger partial charge in [0, 0.05) is 11.8 Å². The number of hydrogen-bond donors (Lipinski definition) is 1. The molecule has 3 rings (SSSR count). The number of aliphatic carboxylic acids is 1. The van der Waals surface area contributed by atoms with Gasteiger partial charge in [-0.05, 0) is 24.0 Å². The molecule has 1 N–H and O–H groups in total. The molecule has 1 fully saturated rings. The highest BCUT2D eigenvalue weighted by molar-refractivity contribution is 6.35. The second kappa shape index (κ2) is 8.99. The van der Waals surface area contributed by atoms with Crippen LogP contribution >= 0.6 is 0 Å². The van der Waals surface area contributed by atoms with Crippen LogP contribution in [0.15, 0.2) is 60.7 Å². The number of carbonyl (C=O) groups excluding carboxylic acids is 2. The minimum atomic E-state index is -1.09. The predicted molar refractivity (Wildman–Crippen MR) is 124 cm³/mol. The standard InChI is InChI=1S/C27H33NO4/c1-5-18-28(24(30)23(29)26(3,4)6-2)19-17-27(22(28)25(31)32,20-13-9-7-10-14-20)21-15-11-8-12-16-21/h7-16,22H,5-6,17-19H2,1-4H3/p+1/t22-,28?/m1/s1. The fourth-order valence-electron chi connectivity index (χ4n) is 5.34. The molecule has 0 saturated carbocycles. The van der Waals surface area contributed by atoms with Gasteiger partial charge in [0.2, 0.25) is 6.04 Å². The Morgan fingerprint density at radius 2 is 1.47 bits per heavy atom. The quantitative estimate of drug-likeness (QED) is 0.485. The third-order valence-electron chi connectivity index (χ3n) is 7.40. The van der Waals surface area contributed by atoms with Gasteiger partial charge < -0.3 is 5.11 Å². The Kier molecular flexibility index (Phi) is 6.70. The zero-order chi connectivity index (χ0) is 23.6. The summed E-state index contributed by atoms with van der Waals surface area (Å²) in [6.45, 7) is 7.99. The first kappa shape index (κ1) is 23.9. The molecule has 5 nitrogen and oxygen atoms in total. The first-order chi connectivity index (χ1) is 15.2. The molecule has 1 unspecified atom stereocenters. The molecule has 2 atom stereocenters. The van der Waals surface area contributed by atoms with Crippen molar-refractivity contribution in [3.8, 4) is 0 Å². The molecule has 0 aliphatic carbocycles. The minimum Gasteiger partial charge on any atom is -0.477 e. The number of hydrogen-bond acceptors (Lipinski definition) is 3. The number of nitrogens with zero attached hydrogens (tertiary/aromatic N) is 1. The number of likely N-dealkylation sites (tertiary alicyclic amines) is 1. The Bertz CT molecular complexity index is 944. The van der Waals surface area contributed by atoms with E-state index < -0.39 is 34.5 Å². The Morgan fingerprint density at radius 1 is 0.969 bits per heavy atom. The van der Waals surface area contributed by atoms with E-state index in [1.54, 1.807) is 13.8 Å². The summed E-state index contributed by atoms with van der Waals surface area (Å²) in [6, 6.07) is 18.1. The van der Waals surface area contributed by atoms with E-state index in [4.69, 9.17) is 0 Å². The summed E-state index contributed by atoms with van der Waals surface area (Å²) in [6.07, 6.45) is 1.60. The molecule has 1 aliphatic heterocycles. The van der Waals surface area contributed by atoms with Gasteiger partial charge in [0.1, 0.15) is 0 Å². The van der Waals surface area contributed by atoms with E-state index in [9.17, 15) is 19.5 Å². The van der Waals surface area contributed by atoms with Crippen LogP contribution in [0.2, 0.25) is 0 Å². The van der Waals surface area contributed by atoms with E-state index in [1.165, 1.54) is 0 Å². The van der Waals surface area contributed by atoms with Gasteiger partial charge in [0.25, 0.3) is 5.78 Å². The Hall–Kier alpha value is -2.79. The van der Waals surface area contributed by atoms with Crippen LogP contribution in [0.5, 0.6) is 0 Å². The highest BCUT2D eigenvalue weighted by Gasteiger charge is 2.67. The van der Waals surface area contributed by atoms with Crippen LogP contribution in [0.3, 0.4) is 0 Å². The van der Waals surface area contributed by atoms with Crippen molar-refractivity contribution in [3.63, 3.8) is 0 Å². The number of amides is 1. The Labute approximate surface area is 190 Å². The van der Waals surface area contributed by atoms with Crippen LogP contribution in [-0.2, 0) is 19.8 Å². The van der Waals surface area contributed by atoms with Crippen molar-refractivity contribution in [1.82, 2.24) is 0 Å². The van der Waals surface area contributed by atoms with Crippen LogP contribution in [-0.4, -0.2) is 46.4 Å².